The van der Waals surface area contributed by atoms with Gasteiger partial charge in [-0.1, -0.05) is 195 Å². The standard InChI is InChI=1S/C40H79NO4/c1-5-7-9-11-13-15-17-19-21-23-25-27-29-31-37(3)39(42)44-35-33-41-34-36-45-40(43)38(4)32-30-28-26-24-22-20-18-16-14-12-10-8-6-2/h37-38,41H,5-36H2,1-4H3. The average molecular weight is 638 g/mol. The van der Waals surface area contributed by atoms with Gasteiger partial charge in [-0.25, -0.2) is 0 Å². The molecule has 2 atom stereocenters. The summed E-state index contributed by atoms with van der Waals surface area (Å²) in [5.74, 6) is -0.251. The molecule has 0 rings (SSSR count). The van der Waals surface area contributed by atoms with Gasteiger partial charge < -0.3 is 14.8 Å². The van der Waals surface area contributed by atoms with Gasteiger partial charge in [-0.3, -0.25) is 9.59 Å². The summed E-state index contributed by atoms with van der Waals surface area (Å²) in [6.07, 6.45) is 36.7. The van der Waals surface area contributed by atoms with Crippen molar-refractivity contribution >= 4 is 11.9 Å². The van der Waals surface area contributed by atoms with Gasteiger partial charge in [0.2, 0.25) is 0 Å². The van der Waals surface area contributed by atoms with Crippen LogP contribution in [0, 0.1) is 11.8 Å². The number of ether oxygens (including phenoxy) is 2. The lowest BCUT2D eigenvalue weighted by atomic mass is 10.0. The summed E-state index contributed by atoms with van der Waals surface area (Å²) in [6, 6.07) is 0. The van der Waals surface area contributed by atoms with Gasteiger partial charge in [0.1, 0.15) is 13.2 Å². The van der Waals surface area contributed by atoms with Crippen LogP contribution in [0.15, 0.2) is 0 Å². The number of nitrogens with one attached hydrogen (secondary N) is 1. The van der Waals surface area contributed by atoms with Crippen LogP contribution in [0.4, 0.5) is 0 Å². The zero-order valence-corrected chi connectivity index (χ0v) is 30.9. The Morgan fingerprint density at radius 3 is 0.933 bits per heavy atom. The van der Waals surface area contributed by atoms with E-state index in [1.54, 1.807) is 0 Å². The molecule has 2 unspecified atom stereocenters. The number of hydrogen-bond donors (Lipinski definition) is 1. The first-order valence-corrected chi connectivity index (χ1v) is 20.1. The second-order valence-corrected chi connectivity index (χ2v) is 13.9. The van der Waals surface area contributed by atoms with Crippen molar-refractivity contribution in [3.63, 3.8) is 0 Å². The molecule has 0 amide bonds. The molecule has 0 fully saturated rings. The van der Waals surface area contributed by atoms with E-state index in [0.29, 0.717) is 26.3 Å². The highest BCUT2D eigenvalue weighted by Crippen LogP contribution is 2.17. The molecule has 0 aromatic carbocycles. The van der Waals surface area contributed by atoms with E-state index in [2.05, 4.69) is 19.2 Å². The Labute approximate surface area is 281 Å². The zero-order chi connectivity index (χ0) is 33.1. The van der Waals surface area contributed by atoms with Crippen molar-refractivity contribution in [2.75, 3.05) is 26.3 Å². The first-order valence-electron chi connectivity index (χ1n) is 20.1. The van der Waals surface area contributed by atoms with Crippen LogP contribution in [0.2, 0.25) is 0 Å². The van der Waals surface area contributed by atoms with Gasteiger partial charge in [0.15, 0.2) is 0 Å². The quantitative estimate of drug-likeness (QED) is 0.0547. The Kier molecular flexibility index (Phi) is 34.9. The number of hydrogen-bond acceptors (Lipinski definition) is 5. The van der Waals surface area contributed by atoms with Crippen LogP contribution in [0.5, 0.6) is 0 Å². The van der Waals surface area contributed by atoms with E-state index in [9.17, 15) is 9.59 Å². The molecular formula is C40H79NO4. The summed E-state index contributed by atoms with van der Waals surface area (Å²) in [4.78, 5) is 24.5. The van der Waals surface area contributed by atoms with Gasteiger partial charge in [-0.15, -0.1) is 0 Å². The van der Waals surface area contributed by atoms with E-state index in [-0.39, 0.29) is 23.8 Å². The normalized spacial score (nSPS) is 12.7. The van der Waals surface area contributed by atoms with Gasteiger partial charge in [-0.05, 0) is 12.8 Å². The lowest BCUT2D eigenvalue weighted by molar-refractivity contribution is -0.148. The van der Waals surface area contributed by atoms with E-state index >= 15 is 0 Å². The molecule has 268 valence electrons. The third-order valence-corrected chi connectivity index (χ3v) is 9.33. The van der Waals surface area contributed by atoms with E-state index in [4.69, 9.17) is 9.47 Å². The number of carbonyl (C=O) groups excluding carboxylic acids is 2. The van der Waals surface area contributed by atoms with Crippen molar-refractivity contribution in [2.24, 2.45) is 11.8 Å². The van der Waals surface area contributed by atoms with E-state index in [1.165, 1.54) is 154 Å². The minimum Gasteiger partial charge on any atom is -0.464 e. The predicted octanol–water partition coefficient (Wildman–Crippen LogP) is 11.9. The van der Waals surface area contributed by atoms with Gasteiger partial charge in [0.25, 0.3) is 0 Å². The predicted molar refractivity (Wildman–Crippen MR) is 194 cm³/mol. The maximum absolute atomic E-state index is 12.3. The molecule has 0 heterocycles. The summed E-state index contributed by atoms with van der Waals surface area (Å²) in [7, 11) is 0. The van der Waals surface area contributed by atoms with Gasteiger partial charge in [0.05, 0.1) is 11.8 Å². The van der Waals surface area contributed by atoms with Crippen LogP contribution in [0.3, 0.4) is 0 Å². The topological polar surface area (TPSA) is 64.6 Å². The Bertz CT molecular complexity index is 573. The first kappa shape index (κ1) is 43.9. The van der Waals surface area contributed by atoms with Crippen molar-refractivity contribution < 1.29 is 19.1 Å². The Morgan fingerprint density at radius 2 is 0.667 bits per heavy atom. The van der Waals surface area contributed by atoms with Crippen LogP contribution in [0.25, 0.3) is 0 Å². The highest BCUT2D eigenvalue weighted by atomic mass is 16.5. The number of esters is 2. The summed E-state index contributed by atoms with van der Waals surface area (Å²) in [5, 5.41) is 3.21. The van der Waals surface area contributed by atoms with Crippen LogP contribution in [-0.4, -0.2) is 38.2 Å². The monoisotopic (exact) mass is 638 g/mol. The molecule has 0 radical (unpaired) electrons. The second kappa shape index (κ2) is 35.7. The Balaban J connectivity index is 3.46. The van der Waals surface area contributed by atoms with Crippen molar-refractivity contribution in [3.8, 4) is 0 Å². The molecule has 0 aromatic rings. The Morgan fingerprint density at radius 1 is 0.422 bits per heavy atom. The zero-order valence-electron chi connectivity index (χ0n) is 30.9. The van der Waals surface area contributed by atoms with Gasteiger partial charge in [-0.2, -0.15) is 0 Å². The summed E-state index contributed by atoms with van der Waals surface area (Å²) >= 11 is 0. The van der Waals surface area contributed by atoms with E-state index in [1.807, 2.05) is 13.8 Å². The molecule has 0 aliphatic rings. The van der Waals surface area contributed by atoms with Crippen LogP contribution >= 0.6 is 0 Å². The molecule has 5 heteroatoms. The minimum atomic E-state index is -0.0934. The highest BCUT2D eigenvalue weighted by molar-refractivity contribution is 5.72. The Hall–Kier alpha value is -1.10. The highest BCUT2D eigenvalue weighted by Gasteiger charge is 2.15. The maximum atomic E-state index is 12.3. The maximum Gasteiger partial charge on any atom is 0.308 e. The van der Waals surface area contributed by atoms with Crippen molar-refractivity contribution in [2.45, 2.75) is 207 Å². The third-order valence-electron chi connectivity index (χ3n) is 9.33. The molecule has 45 heavy (non-hydrogen) atoms. The molecule has 0 aliphatic carbocycles. The summed E-state index contributed by atoms with van der Waals surface area (Å²) in [6.45, 7) is 10.4. The second-order valence-electron chi connectivity index (χ2n) is 13.9. The summed E-state index contributed by atoms with van der Waals surface area (Å²) in [5.41, 5.74) is 0. The van der Waals surface area contributed by atoms with Crippen LogP contribution in [-0.2, 0) is 19.1 Å². The molecule has 0 saturated heterocycles. The van der Waals surface area contributed by atoms with Gasteiger partial charge >= 0.3 is 11.9 Å². The van der Waals surface area contributed by atoms with Crippen molar-refractivity contribution in [1.82, 2.24) is 5.32 Å². The molecule has 0 spiro atoms. The van der Waals surface area contributed by atoms with Crippen molar-refractivity contribution in [1.29, 1.82) is 0 Å². The van der Waals surface area contributed by atoms with Crippen LogP contribution in [0.1, 0.15) is 207 Å². The molecule has 5 nitrogen and oxygen atoms in total. The molecule has 0 aliphatic heterocycles. The van der Waals surface area contributed by atoms with E-state index < -0.39 is 0 Å². The molecule has 0 bridgehead atoms. The fourth-order valence-corrected chi connectivity index (χ4v) is 6.03. The fraction of sp³-hybridized carbons (Fsp3) is 0.950. The molecule has 0 saturated carbocycles. The largest absolute Gasteiger partial charge is 0.464 e. The smallest absolute Gasteiger partial charge is 0.308 e. The molecule has 1 N–H and O–H groups in total. The minimum absolute atomic E-state index is 0.0324. The lowest BCUT2D eigenvalue weighted by Crippen LogP contribution is -2.28. The van der Waals surface area contributed by atoms with Crippen molar-refractivity contribution in [3.05, 3.63) is 0 Å². The lowest BCUT2D eigenvalue weighted by Gasteiger charge is -2.13. The third kappa shape index (κ3) is 32.6. The summed E-state index contributed by atoms with van der Waals surface area (Å²) < 4.78 is 10.9. The molecular weight excluding hydrogens is 558 g/mol. The number of unbranched alkanes of at least 4 members (excludes halogenated alkanes) is 24. The SMILES string of the molecule is CCCCCCCCCCCCCCCC(C)C(=O)OCCNCCOC(=O)C(C)CCCCCCCCCCCCCCC. The first-order chi connectivity index (χ1) is 22.0. The number of carbonyl (C=O) groups is 2. The molecule has 0 aromatic heterocycles. The van der Waals surface area contributed by atoms with E-state index in [0.717, 1.165) is 25.7 Å². The fourth-order valence-electron chi connectivity index (χ4n) is 6.03. The average Bonchev–Trinajstić information content (AvgIpc) is 3.04. The van der Waals surface area contributed by atoms with Gasteiger partial charge in [0, 0.05) is 13.1 Å². The number of rotatable bonds is 36. The van der Waals surface area contributed by atoms with Crippen LogP contribution < -0.4 is 5.32 Å².